The van der Waals surface area contributed by atoms with E-state index in [0.717, 1.165) is 24.3 Å². The van der Waals surface area contributed by atoms with Crippen LogP contribution in [0.1, 0.15) is 16.1 Å². The van der Waals surface area contributed by atoms with Gasteiger partial charge in [0.25, 0.3) is 0 Å². The Morgan fingerprint density at radius 2 is 1.73 bits per heavy atom. The molecule has 0 saturated heterocycles. The monoisotopic (exact) mass is 431 g/mol. The van der Waals surface area contributed by atoms with Crippen LogP contribution in [0.25, 0.3) is 0 Å². The van der Waals surface area contributed by atoms with Crippen LogP contribution in [0.15, 0.2) is 81.1 Å². The van der Waals surface area contributed by atoms with Crippen molar-refractivity contribution in [2.75, 3.05) is 5.75 Å². The van der Waals surface area contributed by atoms with Crippen molar-refractivity contribution in [1.82, 2.24) is 5.43 Å². The Morgan fingerprint density at radius 3 is 2.33 bits per heavy atom. The van der Waals surface area contributed by atoms with E-state index in [1.807, 2.05) is 0 Å². The van der Waals surface area contributed by atoms with Crippen LogP contribution in [-0.4, -0.2) is 30.7 Å². The van der Waals surface area contributed by atoms with Crippen LogP contribution in [0, 0.1) is 15.9 Å². The first-order valence-electron chi connectivity index (χ1n) is 8.41. The largest absolute Gasteiger partial charge is 0.433 e. The maximum atomic E-state index is 13.3. The summed E-state index contributed by atoms with van der Waals surface area (Å²) in [7, 11) is -3.83. The van der Waals surface area contributed by atoms with Gasteiger partial charge in [-0.2, -0.15) is 5.10 Å². The second-order valence-electron chi connectivity index (χ2n) is 5.97. The summed E-state index contributed by atoms with van der Waals surface area (Å²) in [6, 6.07) is 14.6. The lowest BCUT2D eigenvalue weighted by atomic mass is 10.1. The molecule has 1 N–H and O–H groups in total. The predicted octanol–water partition coefficient (Wildman–Crippen LogP) is 2.93. The first-order valence-corrected chi connectivity index (χ1v) is 10.1. The molecule has 3 rings (SSSR count). The molecule has 0 radical (unpaired) electrons. The second kappa shape index (κ2) is 8.66. The highest BCUT2D eigenvalue weighted by molar-refractivity contribution is 7.92. The number of sulfone groups is 1. The van der Waals surface area contributed by atoms with Gasteiger partial charge in [-0.15, -0.1) is 0 Å². The Bertz CT molecular complexity index is 1200. The highest BCUT2D eigenvalue weighted by atomic mass is 32.2. The van der Waals surface area contributed by atoms with Crippen molar-refractivity contribution < 1.29 is 26.9 Å². The van der Waals surface area contributed by atoms with Gasteiger partial charge in [0.05, 0.1) is 22.4 Å². The molecule has 0 bridgehead atoms. The Hall–Kier alpha value is -3.86. The molecule has 2 aromatic carbocycles. The molecule has 0 aliphatic heterocycles. The van der Waals surface area contributed by atoms with Gasteiger partial charge in [-0.1, -0.05) is 30.3 Å². The summed E-state index contributed by atoms with van der Waals surface area (Å²) in [5.74, 6) is -3.04. The van der Waals surface area contributed by atoms with E-state index < -0.39 is 38.1 Å². The fraction of sp³-hybridized carbons (Fsp3) is 0.0526. The molecule has 0 aliphatic rings. The van der Waals surface area contributed by atoms with Gasteiger partial charge in [0.2, 0.25) is 5.76 Å². The Balaban J connectivity index is 1.90. The molecule has 0 saturated carbocycles. The number of hydrogen-bond acceptors (Lipinski definition) is 7. The lowest BCUT2D eigenvalue weighted by Crippen LogP contribution is -2.24. The summed E-state index contributed by atoms with van der Waals surface area (Å²) in [4.78, 5) is 22.1. The number of nitrogens with one attached hydrogen (secondary N) is 1. The number of hydrazone groups is 1. The van der Waals surface area contributed by atoms with Crippen molar-refractivity contribution in [2.45, 2.75) is 4.90 Å². The predicted molar refractivity (Wildman–Crippen MR) is 104 cm³/mol. The molecule has 1 heterocycles. The molecular formula is C19H14FN3O6S. The molecule has 0 unspecified atom stereocenters. The average molecular weight is 431 g/mol. The van der Waals surface area contributed by atoms with Crippen LogP contribution in [0.2, 0.25) is 0 Å². The molecule has 1 amide bonds. The minimum Gasteiger partial charge on any atom is -0.395 e. The number of amides is 1. The van der Waals surface area contributed by atoms with Gasteiger partial charge in [-0.25, -0.2) is 18.2 Å². The van der Waals surface area contributed by atoms with Crippen molar-refractivity contribution in [1.29, 1.82) is 0 Å². The second-order valence-corrected chi connectivity index (χ2v) is 7.96. The smallest absolute Gasteiger partial charge is 0.395 e. The molecule has 154 valence electrons. The highest BCUT2D eigenvalue weighted by Gasteiger charge is 2.21. The number of furan rings is 1. The topological polar surface area (TPSA) is 132 Å². The quantitative estimate of drug-likeness (QED) is 0.348. The third-order valence-corrected chi connectivity index (χ3v) is 5.54. The van der Waals surface area contributed by atoms with Gasteiger partial charge in [0.15, 0.2) is 9.84 Å². The Morgan fingerprint density at radius 1 is 1.07 bits per heavy atom. The van der Waals surface area contributed by atoms with Crippen LogP contribution in [0.3, 0.4) is 0 Å². The van der Waals surface area contributed by atoms with Gasteiger partial charge in [-0.3, -0.25) is 14.9 Å². The van der Waals surface area contributed by atoms with Crippen molar-refractivity contribution in [3.05, 3.63) is 94.0 Å². The van der Waals surface area contributed by atoms with Crippen molar-refractivity contribution in [2.24, 2.45) is 5.10 Å². The zero-order chi connectivity index (χ0) is 21.7. The van der Waals surface area contributed by atoms with E-state index in [4.69, 9.17) is 4.42 Å². The maximum Gasteiger partial charge on any atom is 0.433 e. The molecule has 11 heteroatoms. The molecule has 0 aliphatic carbocycles. The fourth-order valence-electron chi connectivity index (χ4n) is 2.43. The van der Waals surface area contributed by atoms with Crippen molar-refractivity contribution >= 4 is 27.3 Å². The number of carbonyl (C=O) groups is 1. The van der Waals surface area contributed by atoms with Gasteiger partial charge in [0, 0.05) is 0 Å². The molecule has 0 fully saturated rings. The van der Waals surface area contributed by atoms with Crippen LogP contribution < -0.4 is 5.43 Å². The van der Waals surface area contributed by atoms with E-state index in [1.165, 1.54) is 24.3 Å². The number of rotatable bonds is 7. The minimum atomic E-state index is -3.83. The van der Waals surface area contributed by atoms with E-state index >= 15 is 0 Å². The molecule has 0 atom stereocenters. The molecule has 1 aromatic heterocycles. The Kier molecular flexibility index (Phi) is 6.02. The summed E-state index contributed by atoms with van der Waals surface area (Å²) in [5, 5.41) is 14.5. The van der Waals surface area contributed by atoms with Gasteiger partial charge < -0.3 is 4.42 Å². The summed E-state index contributed by atoms with van der Waals surface area (Å²) >= 11 is 0. The van der Waals surface area contributed by atoms with Gasteiger partial charge in [0.1, 0.15) is 10.7 Å². The SMILES string of the molecule is O=C(N/N=C(/CS(=O)(=O)c1ccccc1)c1ccc(F)cc1)c1ccc([N+](=O)[O-])o1. The van der Waals surface area contributed by atoms with Crippen LogP contribution in [0.5, 0.6) is 0 Å². The lowest BCUT2D eigenvalue weighted by Gasteiger charge is -2.09. The molecular weight excluding hydrogens is 417 g/mol. The number of halogens is 1. The van der Waals surface area contributed by atoms with Crippen molar-refractivity contribution in [3.8, 4) is 0 Å². The van der Waals surface area contributed by atoms with Gasteiger partial charge in [-0.05, 0) is 35.9 Å². The standard InChI is InChI=1S/C19H14FN3O6S/c20-14-8-6-13(7-9-14)16(12-30(27,28)15-4-2-1-3-5-15)21-22-19(24)17-10-11-18(29-17)23(25)26/h1-11H,12H2,(H,22,24)/b21-16-. The van der Waals surface area contributed by atoms with Crippen LogP contribution in [-0.2, 0) is 9.84 Å². The van der Waals surface area contributed by atoms with E-state index in [2.05, 4.69) is 10.5 Å². The fourth-order valence-corrected chi connectivity index (χ4v) is 3.76. The van der Waals surface area contributed by atoms with Crippen LogP contribution >= 0.6 is 0 Å². The van der Waals surface area contributed by atoms with Crippen LogP contribution in [0.4, 0.5) is 10.3 Å². The Labute approximate surface area is 169 Å². The van der Waals surface area contributed by atoms with E-state index in [0.29, 0.717) is 0 Å². The lowest BCUT2D eigenvalue weighted by molar-refractivity contribution is -0.402. The summed E-state index contributed by atoms with van der Waals surface area (Å²) < 4.78 is 43.5. The van der Waals surface area contributed by atoms with E-state index in [-0.39, 0.29) is 21.9 Å². The highest BCUT2D eigenvalue weighted by Crippen LogP contribution is 2.16. The molecule has 0 spiro atoms. The summed E-state index contributed by atoms with van der Waals surface area (Å²) in [6.45, 7) is 0. The third kappa shape index (κ3) is 4.94. The number of hydrogen-bond donors (Lipinski definition) is 1. The van der Waals surface area contributed by atoms with E-state index in [1.54, 1.807) is 18.2 Å². The van der Waals surface area contributed by atoms with E-state index in [9.17, 15) is 27.7 Å². The number of nitrogens with zero attached hydrogens (tertiary/aromatic N) is 2. The first-order chi connectivity index (χ1) is 14.3. The summed E-state index contributed by atoms with van der Waals surface area (Å²) in [6.07, 6.45) is 0. The van der Waals surface area contributed by atoms with Gasteiger partial charge >= 0.3 is 11.8 Å². The minimum absolute atomic E-state index is 0.0489. The summed E-state index contributed by atoms with van der Waals surface area (Å²) in [5.41, 5.74) is 2.32. The third-order valence-electron chi connectivity index (χ3n) is 3.89. The number of benzene rings is 2. The normalized spacial score (nSPS) is 11.8. The molecule has 3 aromatic rings. The number of carbonyl (C=O) groups excluding carboxylic acids is 1. The molecule has 30 heavy (non-hydrogen) atoms. The van der Waals surface area contributed by atoms with Crippen molar-refractivity contribution in [3.63, 3.8) is 0 Å². The first kappa shape index (κ1) is 20.9. The molecule has 9 nitrogen and oxygen atoms in total. The maximum absolute atomic E-state index is 13.3. The zero-order valence-electron chi connectivity index (χ0n) is 15.2. The number of nitro groups is 1. The average Bonchev–Trinajstić information content (AvgIpc) is 3.23. The zero-order valence-corrected chi connectivity index (χ0v) is 16.0.